The quantitative estimate of drug-likeness (QED) is 0.375. The number of carbonyl (C=O) groups excluding carboxylic acids is 2. The van der Waals surface area contributed by atoms with Gasteiger partial charge in [0.25, 0.3) is 0 Å². The summed E-state index contributed by atoms with van der Waals surface area (Å²) in [7, 11) is 0. The van der Waals surface area contributed by atoms with Crippen molar-refractivity contribution in [3.8, 4) is 5.69 Å². The van der Waals surface area contributed by atoms with Gasteiger partial charge in [0.1, 0.15) is 0 Å². The zero-order valence-corrected chi connectivity index (χ0v) is 15.6. The van der Waals surface area contributed by atoms with E-state index in [1.165, 1.54) is 17.2 Å². The van der Waals surface area contributed by atoms with Gasteiger partial charge in [0, 0.05) is 29.2 Å². The van der Waals surface area contributed by atoms with Gasteiger partial charge >= 0.3 is 11.8 Å². The molecule has 2 rings (SSSR count). The SMILES string of the molecule is C=CCNC(=O)C(=O)N/N=C\c1cc(C)n(-c2ccc(C)cc2C)c1C. The molecule has 0 aliphatic carbocycles. The van der Waals surface area contributed by atoms with Gasteiger partial charge in [-0.15, -0.1) is 6.58 Å². The molecule has 0 radical (unpaired) electrons. The van der Waals surface area contributed by atoms with Crippen LogP contribution in [0.4, 0.5) is 0 Å². The summed E-state index contributed by atoms with van der Waals surface area (Å²) >= 11 is 0. The molecule has 0 saturated heterocycles. The van der Waals surface area contributed by atoms with Crippen molar-refractivity contribution in [3.05, 3.63) is 65.0 Å². The van der Waals surface area contributed by atoms with E-state index in [4.69, 9.17) is 0 Å². The van der Waals surface area contributed by atoms with Crippen molar-refractivity contribution in [2.45, 2.75) is 27.7 Å². The van der Waals surface area contributed by atoms with Crippen molar-refractivity contribution in [1.82, 2.24) is 15.3 Å². The molecule has 2 aromatic rings. The Morgan fingerprint density at radius 2 is 1.88 bits per heavy atom. The Balaban J connectivity index is 2.18. The van der Waals surface area contributed by atoms with E-state index in [0.717, 1.165) is 22.6 Å². The van der Waals surface area contributed by atoms with E-state index in [-0.39, 0.29) is 6.54 Å². The topological polar surface area (TPSA) is 75.5 Å². The number of benzene rings is 1. The first-order valence-electron chi connectivity index (χ1n) is 8.33. The molecule has 0 spiro atoms. The molecule has 0 fully saturated rings. The minimum absolute atomic E-state index is 0.229. The Morgan fingerprint density at radius 3 is 2.54 bits per heavy atom. The second-order valence-electron chi connectivity index (χ2n) is 6.15. The molecule has 136 valence electrons. The van der Waals surface area contributed by atoms with Gasteiger partial charge in [-0.05, 0) is 45.4 Å². The molecule has 0 unspecified atom stereocenters. The number of hydrogen-bond donors (Lipinski definition) is 2. The maximum atomic E-state index is 11.6. The van der Waals surface area contributed by atoms with Gasteiger partial charge < -0.3 is 9.88 Å². The molecule has 26 heavy (non-hydrogen) atoms. The highest BCUT2D eigenvalue weighted by molar-refractivity contribution is 6.35. The number of nitrogens with one attached hydrogen (secondary N) is 2. The van der Waals surface area contributed by atoms with E-state index in [2.05, 4.69) is 59.0 Å². The monoisotopic (exact) mass is 352 g/mol. The second-order valence-corrected chi connectivity index (χ2v) is 6.15. The highest BCUT2D eigenvalue weighted by Crippen LogP contribution is 2.23. The van der Waals surface area contributed by atoms with Gasteiger partial charge in [-0.1, -0.05) is 23.8 Å². The number of aromatic nitrogens is 1. The lowest BCUT2D eigenvalue weighted by Gasteiger charge is -2.13. The van der Waals surface area contributed by atoms with Gasteiger partial charge in [-0.3, -0.25) is 9.59 Å². The number of nitrogens with zero attached hydrogens (tertiary/aromatic N) is 2. The van der Waals surface area contributed by atoms with Gasteiger partial charge in [0.15, 0.2) is 0 Å². The van der Waals surface area contributed by atoms with Crippen LogP contribution in [0.1, 0.15) is 28.1 Å². The molecule has 2 amide bonds. The maximum Gasteiger partial charge on any atom is 0.329 e. The third-order valence-corrected chi connectivity index (χ3v) is 4.05. The Kier molecular flexibility index (Phi) is 6.11. The highest BCUT2D eigenvalue weighted by Gasteiger charge is 2.13. The van der Waals surface area contributed by atoms with Crippen LogP contribution in [0.25, 0.3) is 5.69 Å². The maximum absolute atomic E-state index is 11.6. The van der Waals surface area contributed by atoms with Crippen LogP contribution in [0.5, 0.6) is 0 Å². The van der Waals surface area contributed by atoms with Crippen LogP contribution in [0.15, 0.2) is 42.0 Å². The van der Waals surface area contributed by atoms with Gasteiger partial charge in [-0.25, -0.2) is 5.43 Å². The summed E-state index contributed by atoms with van der Waals surface area (Å²) in [6.07, 6.45) is 3.04. The Labute approximate surface area is 153 Å². The van der Waals surface area contributed by atoms with Crippen molar-refractivity contribution < 1.29 is 9.59 Å². The number of aryl methyl sites for hydroxylation is 3. The summed E-state index contributed by atoms with van der Waals surface area (Å²) in [4.78, 5) is 23.1. The van der Waals surface area contributed by atoms with E-state index in [1.807, 2.05) is 19.9 Å². The molecule has 0 saturated carbocycles. The van der Waals surface area contributed by atoms with Crippen molar-refractivity contribution in [2.24, 2.45) is 5.10 Å². The minimum Gasteiger partial charge on any atom is -0.344 e. The summed E-state index contributed by atoms with van der Waals surface area (Å²) in [6, 6.07) is 8.31. The highest BCUT2D eigenvalue weighted by atomic mass is 16.2. The van der Waals surface area contributed by atoms with Crippen LogP contribution >= 0.6 is 0 Å². The molecule has 0 bridgehead atoms. The number of carbonyl (C=O) groups is 2. The summed E-state index contributed by atoms with van der Waals surface area (Å²) in [6.45, 7) is 11.9. The average Bonchev–Trinajstić information content (AvgIpc) is 2.87. The van der Waals surface area contributed by atoms with Crippen LogP contribution < -0.4 is 10.7 Å². The molecule has 1 heterocycles. The zero-order chi connectivity index (χ0) is 19.3. The zero-order valence-electron chi connectivity index (χ0n) is 15.6. The summed E-state index contributed by atoms with van der Waals surface area (Å²) in [5.41, 5.74) is 8.67. The standard InChI is InChI=1S/C20H24N4O2/c1-6-9-21-19(25)20(26)23-22-12-17-11-15(4)24(16(17)5)18-8-7-13(2)10-14(18)3/h6-8,10-12H,1,9H2,2-5H3,(H,21,25)(H,23,26)/b22-12-. The van der Waals surface area contributed by atoms with E-state index in [9.17, 15) is 9.59 Å². The summed E-state index contributed by atoms with van der Waals surface area (Å²) in [5.74, 6) is -1.56. The lowest BCUT2D eigenvalue weighted by Crippen LogP contribution is -2.37. The van der Waals surface area contributed by atoms with Crippen LogP contribution in [0.3, 0.4) is 0 Å². The van der Waals surface area contributed by atoms with E-state index in [0.29, 0.717) is 0 Å². The minimum atomic E-state index is -0.814. The van der Waals surface area contributed by atoms with Gasteiger partial charge in [-0.2, -0.15) is 5.10 Å². The van der Waals surface area contributed by atoms with Crippen LogP contribution in [-0.4, -0.2) is 29.1 Å². The summed E-state index contributed by atoms with van der Waals surface area (Å²) < 4.78 is 2.15. The van der Waals surface area contributed by atoms with Crippen molar-refractivity contribution in [3.63, 3.8) is 0 Å². The molecule has 0 aliphatic rings. The van der Waals surface area contributed by atoms with Crippen molar-refractivity contribution in [2.75, 3.05) is 6.54 Å². The van der Waals surface area contributed by atoms with Crippen LogP contribution in [0, 0.1) is 27.7 Å². The molecular formula is C20H24N4O2. The Morgan fingerprint density at radius 1 is 1.15 bits per heavy atom. The van der Waals surface area contributed by atoms with E-state index < -0.39 is 11.8 Å². The Bertz CT molecular complexity index is 878. The predicted octanol–water partition coefficient (Wildman–Crippen LogP) is 2.46. The normalized spacial score (nSPS) is 10.8. The first-order chi connectivity index (χ1) is 12.3. The number of hydrazone groups is 1. The van der Waals surface area contributed by atoms with Crippen LogP contribution in [-0.2, 0) is 9.59 Å². The van der Waals surface area contributed by atoms with Gasteiger partial charge in [0.2, 0.25) is 0 Å². The third kappa shape index (κ3) is 4.27. The van der Waals surface area contributed by atoms with E-state index >= 15 is 0 Å². The lowest BCUT2D eigenvalue weighted by molar-refractivity contribution is -0.139. The lowest BCUT2D eigenvalue weighted by atomic mass is 10.1. The molecule has 6 nitrogen and oxygen atoms in total. The molecule has 0 atom stereocenters. The first kappa shape index (κ1) is 19.2. The Hall–Kier alpha value is -3.15. The van der Waals surface area contributed by atoms with Crippen LogP contribution in [0.2, 0.25) is 0 Å². The third-order valence-electron chi connectivity index (χ3n) is 4.05. The molecular weight excluding hydrogens is 328 g/mol. The number of hydrogen-bond acceptors (Lipinski definition) is 3. The van der Waals surface area contributed by atoms with E-state index in [1.54, 1.807) is 6.21 Å². The first-order valence-corrected chi connectivity index (χ1v) is 8.33. The van der Waals surface area contributed by atoms with Gasteiger partial charge in [0.05, 0.1) is 6.21 Å². The molecule has 1 aromatic heterocycles. The largest absolute Gasteiger partial charge is 0.344 e. The molecule has 1 aromatic carbocycles. The average molecular weight is 352 g/mol. The van der Waals surface area contributed by atoms with Crippen molar-refractivity contribution >= 4 is 18.0 Å². The number of amides is 2. The fourth-order valence-corrected chi connectivity index (χ4v) is 2.80. The fraction of sp³-hybridized carbons (Fsp3) is 0.250. The smallest absolute Gasteiger partial charge is 0.329 e. The predicted molar refractivity (Wildman–Crippen MR) is 104 cm³/mol. The molecule has 2 N–H and O–H groups in total. The van der Waals surface area contributed by atoms with Crippen molar-refractivity contribution in [1.29, 1.82) is 0 Å². The second kappa shape index (κ2) is 8.29. The fourth-order valence-electron chi connectivity index (χ4n) is 2.80. The molecule has 0 aliphatic heterocycles. The molecule has 6 heteroatoms. The summed E-state index contributed by atoms with van der Waals surface area (Å²) in [5, 5.41) is 6.28. The number of rotatable bonds is 5.